The van der Waals surface area contributed by atoms with Gasteiger partial charge in [-0.25, -0.2) is 4.39 Å². The largest absolute Gasteiger partial charge is 0.466 e. The summed E-state index contributed by atoms with van der Waals surface area (Å²) in [4.78, 5) is 18.0. The number of hydrogen-bond donors (Lipinski definition) is 1. The lowest BCUT2D eigenvalue weighted by molar-refractivity contribution is -0.160. The molecule has 1 N–H and O–H groups in total. The molecule has 1 atom stereocenters. The number of carbonyl (C=O) groups is 1. The van der Waals surface area contributed by atoms with E-state index in [1.54, 1.807) is 18.2 Å². The van der Waals surface area contributed by atoms with Crippen molar-refractivity contribution in [3.63, 3.8) is 0 Å². The number of piperidine rings is 1. The monoisotopic (exact) mass is 334 g/mol. The van der Waals surface area contributed by atoms with Crippen molar-refractivity contribution < 1.29 is 18.8 Å². The van der Waals surface area contributed by atoms with Crippen LogP contribution >= 0.6 is 0 Å². The molecule has 2 aliphatic rings. The number of ether oxygens (including phenoxy) is 1. The van der Waals surface area contributed by atoms with Gasteiger partial charge in [0.1, 0.15) is 11.9 Å². The molecule has 0 aliphatic carbocycles. The Hall–Kier alpha value is -1.95. The fraction of sp³-hybridized carbons (Fsp3) is 0.556. The molecule has 2 heterocycles. The Bertz CT molecular complexity index is 626. The van der Waals surface area contributed by atoms with Gasteiger partial charge in [0.25, 0.3) is 0 Å². The molecule has 0 amide bonds. The van der Waals surface area contributed by atoms with Gasteiger partial charge in [-0.3, -0.25) is 4.79 Å². The quantitative estimate of drug-likeness (QED) is 0.841. The van der Waals surface area contributed by atoms with Crippen molar-refractivity contribution in [2.45, 2.75) is 38.7 Å². The van der Waals surface area contributed by atoms with E-state index in [0.717, 1.165) is 25.9 Å². The minimum Gasteiger partial charge on any atom is -0.466 e. The first-order valence-electron chi connectivity index (χ1n) is 8.50. The molecule has 3 rings (SSSR count). The molecule has 24 heavy (non-hydrogen) atoms. The van der Waals surface area contributed by atoms with Crippen LogP contribution in [-0.4, -0.2) is 37.5 Å². The van der Waals surface area contributed by atoms with E-state index in [-0.39, 0.29) is 17.9 Å². The summed E-state index contributed by atoms with van der Waals surface area (Å²) >= 11 is 0. The average molecular weight is 334 g/mol. The molecule has 2 aliphatic heterocycles. The summed E-state index contributed by atoms with van der Waals surface area (Å²) in [5.41, 5.74) is 0.535. The highest BCUT2D eigenvalue weighted by Gasteiger charge is 2.44. The number of oxime groups is 1. The van der Waals surface area contributed by atoms with Gasteiger partial charge in [-0.05, 0) is 38.9 Å². The third kappa shape index (κ3) is 3.43. The second-order valence-electron chi connectivity index (χ2n) is 6.40. The van der Waals surface area contributed by atoms with Crippen LogP contribution in [0.4, 0.5) is 4.39 Å². The van der Waals surface area contributed by atoms with Gasteiger partial charge < -0.3 is 14.9 Å². The Labute approximate surface area is 141 Å². The number of esters is 1. The standard InChI is InChI=1S/C18H23FN2O3/c1-2-23-17(22)18(7-9-20-10-8-18)12-13-11-16(21-24-13)14-5-3-4-6-15(14)19/h3-6,13,20H,2,7-12H2,1H3/t13-/m0/s1. The molecule has 6 heteroatoms. The molecular formula is C18H23FN2O3. The van der Waals surface area contributed by atoms with Crippen LogP contribution in [-0.2, 0) is 14.4 Å². The minimum absolute atomic E-state index is 0.158. The first-order valence-corrected chi connectivity index (χ1v) is 8.50. The van der Waals surface area contributed by atoms with Gasteiger partial charge in [0.15, 0.2) is 0 Å². The molecule has 130 valence electrons. The van der Waals surface area contributed by atoms with E-state index in [1.807, 2.05) is 6.92 Å². The van der Waals surface area contributed by atoms with E-state index in [9.17, 15) is 9.18 Å². The van der Waals surface area contributed by atoms with Gasteiger partial charge in [0, 0.05) is 18.4 Å². The average Bonchev–Trinajstić information content (AvgIpc) is 3.04. The Kier molecular flexibility index (Phi) is 5.14. The molecular weight excluding hydrogens is 311 g/mol. The molecule has 0 radical (unpaired) electrons. The van der Waals surface area contributed by atoms with E-state index in [2.05, 4.69) is 10.5 Å². The van der Waals surface area contributed by atoms with Crippen molar-refractivity contribution in [2.75, 3.05) is 19.7 Å². The van der Waals surface area contributed by atoms with Crippen molar-refractivity contribution in [3.05, 3.63) is 35.6 Å². The zero-order chi connectivity index (χ0) is 17.0. The lowest BCUT2D eigenvalue weighted by Gasteiger charge is -2.36. The molecule has 0 saturated carbocycles. The van der Waals surface area contributed by atoms with Crippen molar-refractivity contribution in [2.24, 2.45) is 10.6 Å². The van der Waals surface area contributed by atoms with Gasteiger partial charge in [0.2, 0.25) is 0 Å². The molecule has 1 aromatic rings. The highest BCUT2D eigenvalue weighted by atomic mass is 19.1. The first-order chi connectivity index (χ1) is 11.6. The van der Waals surface area contributed by atoms with Gasteiger partial charge in [-0.2, -0.15) is 0 Å². The normalized spacial score (nSPS) is 22.6. The van der Waals surface area contributed by atoms with Crippen LogP contribution < -0.4 is 5.32 Å². The summed E-state index contributed by atoms with van der Waals surface area (Å²) < 4.78 is 19.2. The van der Waals surface area contributed by atoms with E-state index in [1.165, 1.54) is 6.07 Å². The Balaban J connectivity index is 1.69. The number of halogens is 1. The lowest BCUT2D eigenvalue weighted by atomic mass is 9.74. The number of hydrogen-bond acceptors (Lipinski definition) is 5. The van der Waals surface area contributed by atoms with Crippen molar-refractivity contribution in [1.82, 2.24) is 5.32 Å². The third-order valence-corrected chi connectivity index (χ3v) is 4.81. The zero-order valence-electron chi connectivity index (χ0n) is 13.9. The zero-order valence-corrected chi connectivity index (χ0v) is 13.9. The highest BCUT2D eigenvalue weighted by molar-refractivity contribution is 6.01. The molecule has 5 nitrogen and oxygen atoms in total. The highest BCUT2D eigenvalue weighted by Crippen LogP contribution is 2.38. The summed E-state index contributed by atoms with van der Waals surface area (Å²) in [7, 11) is 0. The number of rotatable bonds is 5. The SMILES string of the molecule is CCOC(=O)C1(C[C@@H]2CC(c3ccccc3F)=NO2)CCNCC1. The van der Waals surface area contributed by atoms with Gasteiger partial charge in [-0.15, -0.1) is 0 Å². The van der Waals surface area contributed by atoms with E-state index >= 15 is 0 Å². The number of carbonyl (C=O) groups excluding carboxylic acids is 1. The molecule has 1 aromatic carbocycles. The fourth-order valence-electron chi connectivity index (χ4n) is 3.51. The molecule has 0 unspecified atom stereocenters. The Morgan fingerprint density at radius 1 is 1.42 bits per heavy atom. The van der Waals surface area contributed by atoms with E-state index in [0.29, 0.717) is 30.7 Å². The van der Waals surface area contributed by atoms with Gasteiger partial charge in [-0.1, -0.05) is 23.4 Å². The maximum atomic E-state index is 13.9. The summed E-state index contributed by atoms with van der Waals surface area (Å²) in [5.74, 6) is -0.461. The number of nitrogens with one attached hydrogen (secondary N) is 1. The second-order valence-corrected chi connectivity index (χ2v) is 6.40. The van der Waals surface area contributed by atoms with Crippen LogP contribution in [0.3, 0.4) is 0 Å². The molecule has 1 saturated heterocycles. The van der Waals surface area contributed by atoms with Crippen LogP contribution in [0.15, 0.2) is 29.4 Å². The van der Waals surface area contributed by atoms with Crippen molar-refractivity contribution in [3.8, 4) is 0 Å². The predicted octanol–water partition coefficient (Wildman–Crippen LogP) is 2.64. The maximum absolute atomic E-state index is 13.9. The summed E-state index contributed by atoms with van der Waals surface area (Å²) in [6.45, 7) is 3.76. The van der Waals surface area contributed by atoms with Crippen LogP contribution in [0.1, 0.15) is 38.2 Å². The predicted molar refractivity (Wildman–Crippen MR) is 88.2 cm³/mol. The summed E-state index contributed by atoms with van der Waals surface area (Å²) in [6, 6.07) is 6.54. The molecule has 1 fully saturated rings. The third-order valence-electron chi connectivity index (χ3n) is 4.81. The first kappa shape index (κ1) is 16.9. The molecule has 0 spiro atoms. The number of nitrogens with zero attached hydrogens (tertiary/aromatic N) is 1. The minimum atomic E-state index is -0.536. The van der Waals surface area contributed by atoms with Crippen molar-refractivity contribution >= 4 is 11.7 Å². The lowest BCUT2D eigenvalue weighted by Crippen LogP contribution is -2.45. The number of benzene rings is 1. The maximum Gasteiger partial charge on any atom is 0.312 e. The smallest absolute Gasteiger partial charge is 0.312 e. The Morgan fingerprint density at radius 3 is 2.88 bits per heavy atom. The van der Waals surface area contributed by atoms with Crippen molar-refractivity contribution in [1.29, 1.82) is 0 Å². The Morgan fingerprint density at radius 2 is 2.17 bits per heavy atom. The molecule has 0 aromatic heterocycles. The van der Waals surface area contributed by atoms with Crippen LogP contribution in [0.2, 0.25) is 0 Å². The van der Waals surface area contributed by atoms with Gasteiger partial charge in [0.05, 0.1) is 17.7 Å². The van der Waals surface area contributed by atoms with Crippen LogP contribution in [0, 0.1) is 11.2 Å². The summed E-state index contributed by atoms with van der Waals surface area (Å²) in [6.07, 6.45) is 2.29. The molecule has 0 bridgehead atoms. The summed E-state index contributed by atoms with van der Waals surface area (Å²) in [5, 5.41) is 7.34. The van der Waals surface area contributed by atoms with E-state index in [4.69, 9.17) is 9.57 Å². The van der Waals surface area contributed by atoms with Gasteiger partial charge >= 0.3 is 5.97 Å². The fourth-order valence-corrected chi connectivity index (χ4v) is 3.51. The second kappa shape index (κ2) is 7.30. The topological polar surface area (TPSA) is 59.9 Å². The van der Waals surface area contributed by atoms with E-state index < -0.39 is 5.41 Å². The van der Waals surface area contributed by atoms with Crippen LogP contribution in [0.5, 0.6) is 0 Å². The van der Waals surface area contributed by atoms with Crippen LogP contribution in [0.25, 0.3) is 0 Å².